The minimum atomic E-state index is -0.452. The van der Waals surface area contributed by atoms with E-state index >= 15 is 0 Å². The Morgan fingerprint density at radius 1 is 0.957 bits per heavy atom. The first-order chi connectivity index (χ1) is 11.2. The number of benzene rings is 3. The predicted molar refractivity (Wildman–Crippen MR) is 91.8 cm³/mol. The molecule has 0 heterocycles. The number of urea groups is 1. The summed E-state index contributed by atoms with van der Waals surface area (Å²) in [6.45, 7) is 0. The predicted octanol–water partition coefficient (Wildman–Crippen LogP) is 3.70. The van der Waals surface area contributed by atoms with E-state index < -0.39 is 6.03 Å². The molecule has 3 rings (SSSR count). The number of hydrogen-bond donors (Lipinski definition) is 3. The van der Waals surface area contributed by atoms with Gasteiger partial charge < -0.3 is 10.4 Å². The maximum atomic E-state index is 11.8. The molecule has 0 aliphatic heterocycles. The third-order valence-electron chi connectivity index (χ3n) is 3.34. The lowest BCUT2D eigenvalue weighted by Gasteiger charge is -2.05. The maximum absolute atomic E-state index is 11.8. The van der Waals surface area contributed by atoms with Crippen molar-refractivity contribution in [3.05, 3.63) is 72.3 Å². The number of hydrogen-bond acceptors (Lipinski definition) is 3. The number of carbonyl (C=O) groups is 1. The first-order valence-electron chi connectivity index (χ1n) is 7.10. The van der Waals surface area contributed by atoms with Crippen LogP contribution in [-0.4, -0.2) is 17.4 Å². The quantitative estimate of drug-likeness (QED) is 0.510. The van der Waals surface area contributed by atoms with Crippen molar-refractivity contribution in [3.63, 3.8) is 0 Å². The van der Waals surface area contributed by atoms with Crippen molar-refractivity contribution in [2.24, 2.45) is 5.10 Å². The van der Waals surface area contributed by atoms with Crippen LogP contribution >= 0.6 is 0 Å². The van der Waals surface area contributed by atoms with Gasteiger partial charge in [-0.25, -0.2) is 10.2 Å². The molecule has 0 aliphatic carbocycles. The molecule has 0 fully saturated rings. The molecule has 0 atom stereocenters. The molecule has 23 heavy (non-hydrogen) atoms. The van der Waals surface area contributed by atoms with E-state index in [1.807, 2.05) is 48.5 Å². The average Bonchev–Trinajstić information content (AvgIpc) is 2.58. The monoisotopic (exact) mass is 305 g/mol. The van der Waals surface area contributed by atoms with E-state index in [4.69, 9.17) is 0 Å². The Hall–Kier alpha value is -3.34. The summed E-state index contributed by atoms with van der Waals surface area (Å²) >= 11 is 0. The van der Waals surface area contributed by atoms with Gasteiger partial charge in [0, 0.05) is 11.3 Å². The minimum Gasteiger partial charge on any atom is -0.507 e. The molecular formula is C18H15N3O2. The fraction of sp³-hybridized carbons (Fsp3) is 0. The van der Waals surface area contributed by atoms with Crippen LogP contribution in [0.5, 0.6) is 5.75 Å². The van der Waals surface area contributed by atoms with Gasteiger partial charge in [0.05, 0.1) is 6.21 Å². The summed E-state index contributed by atoms with van der Waals surface area (Å²) in [5.41, 5.74) is 3.61. The zero-order chi connectivity index (χ0) is 16.1. The van der Waals surface area contributed by atoms with Gasteiger partial charge in [-0.15, -0.1) is 0 Å². The molecule has 0 unspecified atom stereocenters. The maximum Gasteiger partial charge on any atom is 0.339 e. The molecule has 0 spiro atoms. The Morgan fingerprint density at radius 3 is 2.52 bits per heavy atom. The van der Waals surface area contributed by atoms with Gasteiger partial charge in [0.2, 0.25) is 0 Å². The fourth-order valence-electron chi connectivity index (χ4n) is 2.26. The number of phenols is 1. The number of nitrogens with zero attached hydrogens (tertiary/aromatic N) is 1. The van der Waals surface area contributed by atoms with Crippen molar-refractivity contribution in [2.45, 2.75) is 0 Å². The standard InChI is InChI=1S/C18H15N3O2/c22-17-11-10-13-6-4-5-9-15(13)16(17)12-19-21-18(23)20-14-7-2-1-3-8-14/h1-12,22H,(H2,20,21,23)/b19-12-. The largest absolute Gasteiger partial charge is 0.507 e. The van der Waals surface area contributed by atoms with Gasteiger partial charge >= 0.3 is 6.03 Å². The van der Waals surface area contributed by atoms with E-state index in [0.29, 0.717) is 11.3 Å². The van der Waals surface area contributed by atoms with Crippen molar-refractivity contribution in [2.75, 3.05) is 5.32 Å². The Bertz CT molecular complexity index is 861. The number of phenolic OH excluding ortho intramolecular Hbond substituents is 1. The Balaban J connectivity index is 1.73. The molecule has 5 nitrogen and oxygen atoms in total. The lowest BCUT2D eigenvalue weighted by Crippen LogP contribution is -2.24. The third-order valence-corrected chi connectivity index (χ3v) is 3.34. The van der Waals surface area contributed by atoms with E-state index in [0.717, 1.165) is 10.8 Å². The molecule has 3 aromatic rings. The number of nitrogens with one attached hydrogen (secondary N) is 2. The van der Waals surface area contributed by atoms with Crippen LogP contribution in [0.25, 0.3) is 10.8 Å². The van der Waals surface area contributed by atoms with Crippen molar-refractivity contribution in [1.82, 2.24) is 5.43 Å². The molecule has 0 saturated carbocycles. The second kappa shape index (κ2) is 6.62. The van der Waals surface area contributed by atoms with Crippen LogP contribution in [0.4, 0.5) is 10.5 Å². The van der Waals surface area contributed by atoms with Gasteiger partial charge in [-0.05, 0) is 29.0 Å². The van der Waals surface area contributed by atoms with Crippen molar-refractivity contribution < 1.29 is 9.90 Å². The van der Waals surface area contributed by atoms with Gasteiger partial charge in [-0.3, -0.25) is 0 Å². The van der Waals surface area contributed by atoms with Crippen LogP contribution < -0.4 is 10.7 Å². The number of para-hydroxylation sites is 1. The number of amides is 2. The molecule has 3 N–H and O–H groups in total. The third kappa shape index (κ3) is 3.47. The summed E-state index contributed by atoms with van der Waals surface area (Å²) < 4.78 is 0. The highest BCUT2D eigenvalue weighted by Gasteiger charge is 2.04. The second-order valence-corrected chi connectivity index (χ2v) is 4.91. The summed E-state index contributed by atoms with van der Waals surface area (Å²) in [6, 6.07) is 19.7. The summed E-state index contributed by atoms with van der Waals surface area (Å²) in [6.07, 6.45) is 1.43. The number of rotatable bonds is 3. The van der Waals surface area contributed by atoms with E-state index in [1.54, 1.807) is 18.2 Å². The molecule has 114 valence electrons. The number of anilines is 1. The molecule has 5 heteroatoms. The second-order valence-electron chi connectivity index (χ2n) is 4.91. The zero-order valence-electron chi connectivity index (χ0n) is 12.2. The Kier molecular flexibility index (Phi) is 4.20. The van der Waals surface area contributed by atoms with E-state index in [-0.39, 0.29) is 5.75 Å². The van der Waals surface area contributed by atoms with Gasteiger partial charge in [-0.2, -0.15) is 5.10 Å². The highest BCUT2D eigenvalue weighted by molar-refractivity contribution is 6.02. The van der Waals surface area contributed by atoms with Gasteiger partial charge in [0.25, 0.3) is 0 Å². The first-order valence-corrected chi connectivity index (χ1v) is 7.10. The summed E-state index contributed by atoms with van der Waals surface area (Å²) in [5.74, 6) is 0.109. The lowest BCUT2D eigenvalue weighted by atomic mass is 10.0. The lowest BCUT2D eigenvalue weighted by molar-refractivity contribution is 0.252. The normalized spacial score (nSPS) is 10.8. The number of carbonyl (C=O) groups excluding carboxylic acids is 1. The number of hydrazone groups is 1. The first kappa shape index (κ1) is 14.6. The topological polar surface area (TPSA) is 73.7 Å². The molecule has 0 aliphatic rings. The van der Waals surface area contributed by atoms with Crippen LogP contribution in [0, 0.1) is 0 Å². The Morgan fingerprint density at radius 2 is 1.70 bits per heavy atom. The summed E-state index contributed by atoms with van der Waals surface area (Å²) in [7, 11) is 0. The van der Waals surface area contributed by atoms with Crippen LogP contribution in [0.2, 0.25) is 0 Å². The summed E-state index contributed by atoms with van der Waals surface area (Å²) in [5, 5.41) is 18.4. The van der Waals surface area contributed by atoms with E-state index in [1.165, 1.54) is 6.21 Å². The minimum absolute atomic E-state index is 0.109. The van der Waals surface area contributed by atoms with Crippen molar-refractivity contribution in [3.8, 4) is 5.75 Å². The fourth-order valence-corrected chi connectivity index (χ4v) is 2.26. The highest BCUT2D eigenvalue weighted by atomic mass is 16.3. The SMILES string of the molecule is O=C(N/N=C\c1c(O)ccc2ccccc12)Nc1ccccc1. The van der Waals surface area contributed by atoms with Gasteiger partial charge in [-0.1, -0.05) is 48.5 Å². The van der Waals surface area contributed by atoms with E-state index in [2.05, 4.69) is 15.8 Å². The van der Waals surface area contributed by atoms with Crippen molar-refractivity contribution >= 4 is 28.7 Å². The zero-order valence-corrected chi connectivity index (χ0v) is 12.2. The molecule has 2 amide bonds. The van der Waals surface area contributed by atoms with Crippen LogP contribution in [0.1, 0.15) is 5.56 Å². The highest BCUT2D eigenvalue weighted by Crippen LogP contribution is 2.25. The average molecular weight is 305 g/mol. The van der Waals surface area contributed by atoms with Crippen molar-refractivity contribution in [1.29, 1.82) is 0 Å². The molecule has 3 aromatic carbocycles. The van der Waals surface area contributed by atoms with Crippen LogP contribution in [-0.2, 0) is 0 Å². The van der Waals surface area contributed by atoms with Gasteiger partial charge in [0.1, 0.15) is 5.75 Å². The van der Waals surface area contributed by atoms with Crippen LogP contribution in [0.15, 0.2) is 71.8 Å². The molecule has 0 bridgehead atoms. The molecule has 0 radical (unpaired) electrons. The summed E-state index contributed by atoms with van der Waals surface area (Å²) in [4.78, 5) is 11.8. The molecule has 0 aromatic heterocycles. The Labute approximate surface area is 133 Å². The smallest absolute Gasteiger partial charge is 0.339 e. The van der Waals surface area contributed by atoms with E-state index in [9.17, 15) is 9.90 Å². The number of fused-ring (bicyclic) bond motifs is 1. The molecular weight excluding hydrogens is 290 g/mol. The van der Waals surface area contributed by atoms with Crippen LogP contribution in [0.3, 0.4) is 0 Å². The number of aromatic hydroxyl groups is 1. The molecule has 0 saturated heterocycles. The van der Waals surface area contributed by atoms with Gasteiger partial charge in [0.15, 0.2) is 0 Å².